The Hall–Kier alpha value is -0.500. The van der Waals surface area contributed by atoms with Gasteiger partial charge in [-0.15, -0.1) is 0 Å². The van der Waals surface area contributed by atoms with Crippen LogP contribution < -0.4 is 4.90 Å². The van der Waals surface area contributed by atoms with Gasteiger partial charge in [-0.2, -0.15) is 0 Å². The second-order valence-electron chi connectivity index (χ2n) is 6.08. The van der Waals surface area contributed by atoms with Crippen molar-refractivity contribution in [2.75, 3.05) is 18.5 Å². The number of halogens is 1. The van der Waals surface area contributed by atoms with Crippen LogP contribution in [0.5, 0.6) is 0 Å². The van der Waals surface area contributed by atoms with E-state index in [9.17, 15) is 0 Å². The SMILES string of the molecule is CN(CC1CC2CCC1C2)c1ccccc1CBr. The number of para-hydroxylation sites is 1. The molecule has 0 N–H and O–H groups in total. The van der Waals surface area contributed by atoms with Crippen molar-refractivity contribution < 1.29 is 0 Å². The number of fused-ring (bicyclic) bond motifs is 2. The first-order valence-electron chi connectivity index (χ1n) is 7.13. The number of rotatable bonds is 4. The molecule has 18 heavy (non-hydrogen) atoms. The molecular formula is C16H22BrN. The lowest BCUT2D eigenvalue weighted by molar-refractivity contribution is 0.337. The normalized spacial score (nSPS) is 29.8. The van der Waals surface area contributed by atoms with Gasteiger partial charge in [-0.25, -0.2) is 0 Å². The number of benzene rings is 1. The molecule has 0 radical (unpaired) electrons. The molecular weight excluding hydrogens is 286 g/mol. The Balaban J connectivity index is 1.69. The Bertz CT molecular complexity index is 417. The molecule has 2 aliphatic rings. The van der Waals surface area contributed by atoms with Crippen molar-refractivity contribution in [3.8, 4) is 0 Å². The second-order valence-corrected chi connectivity index (χ2v) is 6.64. The Kier molecular flexibility index (Phi) is 3.65. The first kappa shape index (κ1) is 12.5. The van der Waals surface area contributed by atoms with E-state index < -0.39 is 0 Å². The summed E-state index contributed by atoms with van der Waals surface area (Å²) in [6.45, 7) is 1.24. The summed E-state index contributed by atoms with van der Waals surface area (Å²) in [6, 6.07) is 8.76. The summed E-state index contributed by atoms with van der Waals surface area (Å²) < 4.78 is 0. The minimum Gasteiger partial charge on any atom is -0.374 e. The maximum absolute atomic E-state index is 3.60. The van der Waals surface area contributed by atoms with E-state index in [1.807, 2.05) is 0 Å². The number of alkyl halides is 1. The van der Waals surface area contributed by atoms with Crippen LogP contribution in [0.1, 0.15) is 31.2 Å². The van der Waals surface area contributed by atoms with Gasteiger partial charge in [0, 0.05) is 24.6 Å². The van der Waals surface area contributed by atoms with Crippen molar-refractivity contribution in [3.63, 3.8) is 0 Å². The molecule has 1 aromatic carbocycles. The summed E-state index contributed by atoms with van der Waals surface area (Å²) in [5.74, 6) is 3.02. The van der Waals surface area contributed by atoms with E-state index in [0.29, 0.717) is 0 Å². The molecule has 0 amide bonds. The molecule has 3 atom stereocenters. The lowest BCUT2D eigenvalue weighted by Gasteiger charge is -2.29. The molecule has 0 spiro atoms. The molecule has 1 nitrogen and oxygen atoms in total. The highest BCUT2D eigenvalue weighted by Crippen LogP contribution is 2.48. The lowest BCUT2D eigenvalue weighted by Crippen LogP contribution is -2.29. The molecule has 3 rings (SSSR count). The highest BCUT2D eigenvalue weighted by Gasteiger charge is 2.39. The van der Waals surface area contributed by atoms with Crippen LogP contribution in [0.3, 0.4) is 0 Å². The van der Waals surface area contributed by atoms with E-state index in [4.69, 9.17) is 0 Å². The first-order valence-corrected chi connectivity index (χ1v) is 8.25. The quantitative estimate of drug-likeness (QED) is 0.743. The summed E-state index contributed by atoms with van der Waals surface area (Å²) in [4.78, 5) is 2.47. The molecule has 0 aromatic heterocycles. The van der Waals surface area contributed by atoms with Crippen LogP contribution in [-0.2, 0) is 5.33 Å². The maximum Gasteiger partial charge on any atom is 0.0404 e. The average Bonchev–Trinajstić information content (AvgIpc) is 3.01. The van der Waals surface area contributed by atoms with Crippen LogP contribution in [-0.4, -0.2) is 13.6 Å². The predicted octanol–water partition coefficient (Wildman–Crippen LogP) is 4.45. The van der Waals surface area contributed by atoms with Crippen LogP contribution >= 0.6 is 15.9 Å². The van der Waals surface area contributed by atoms with Gasteiger partial charge < -0.3 is 4.90 Å². The van der Waals surface area contributed by atoms with Gasteiger partial charge in [-0.05, 0) is 48.6 Å². The Morgan fingerprint density at radius 2 is 2.06 bits per heavy atom. The summed E-state index contributed by atoms with van der Waals surface area (Å²) in [6.07, 6.45) is 5.98. The van der Waals surface area contributed by atoms with Crippen LogP contribution in [0.15, 0.2) is 24.3 Å². The van der Waals surface area contributed by atoms with E-state index >= 15 is 0 Å². The average molecular weight is 308 g/mol. The molecule has 98 valence electrons. The predicted molar refractivity (Wildman–Crippen MR) is 81.3 cm³/mol. The minimum absolute atomic E-state index is 0.942. The third-order valence-corrected chi connectivity index (χ3v) is 5.54. The number of anilines is 1. The molecule has 1 aromatic rings. The molecule has 0 aliphatic heterocycles. The van der Waals surface area contributed by atoms with Gasteiger partial charge in [-0.3, -0.25) is 0 Å². The van der Waals surface area contributed by atoms with Crippen LogP contribution in [0.4, 0.5) is 5.69 Å². The first-order chi connectivity index (χ1) is 8.78. The van der Waals surface area contributed by atoms with Crippen LogP contribution in [0.25, 0.3) is 0 Å². The monoisotopic (exact) mass is 307 g/mol. The van der Waals surface area contributed by atoms with Crippen molar-refractivity contribution in [2.24, 2.45) is 17.8 Å². The molecule has 2 aliphatic carbocycles. The van der Waals surface area contributed by atoms with Crippen molar-refractivity contribution in [2.45, 2.75) is 31.0 Å². The van der Waals surface area contributed by atoms with E-state index in [1.165, 1.54) is 43.5 Å². The highest BCUT2D eigenvalue weighted by molar-refractivity contribution is 9.08. The highest BCUT2D eigenvalue weighted by atomic mass is 79.9. The fourth-order valence-electron chi connectivity index (χ4n) is 4.05. The van der Waals surface area contributed by atoms with Crippen LogP contribution in [0, 0.1) is 17.8 Å². The van der Waals surface area contributed by atoms with Gasteiger partial charge in [0.2, 0.25) is 0 Å². The zero-order chi connectivity index (χ0) is 12.5. The Labute approximate surface area is 119 Å². The zero-order valence-corrected chi connectivity index (χ0v) is 12.7. The largest absolute Gasteiger partial charge is 0.374 e. The number of hydrogen-bond donors (Lipinski definition) is 0. The smallest absolute Gasteiger partial charge is 0.0404 e. The van der Waals surface area contributed by atoms with Gasteiger partial charge in [0.25, 0.3) is 0 Å². The van der Waals surface area contributed by atoms with E-state index in [1.54, 1.807) is 0 Å². The van der Waals surface area contributed by atoms with Gasteiger partial charge in [0.05, 0.1) is 0 Å². The Morgan fingerprint density at radius 3 is 2.72 bits per heavy atom. The minimum atomic E-state index is 0.942. The standard InChI is InChI=1S/C16H22BrN/c1-18(16-5-3-2-4-14(16)10-17)11-15-9-12-6-7-13(15)8-12/h2-5,12-13,15H,6-11H2,1H3. The number of hydrogen-bond acceptors (Lipinski definition) is 1. The summed E-state index contributed by atoms with van der Waals surface area (Å²) in [7, 11) is 2.26. The van der Waals surface area contributed by atoms with Gasteiger partial charge in [0.1, 0.15) is 0 Å². The van der Waals surface area contributed by atoms with Crippen molar-refractivity contribution in [3.05, 3.63) is 29.8 Å². The van der Waals surface area contributed by atoms with Crippen molar-refractivity contribution >= 4 is 21.6 Å². The van der Waals surface area contributed by atoms with Crippen molar-refractivity contribution in [1.82, 2.24) is 0 Å². The maximum atomic E-state index is 3.60. The second kappa shape index (κ2) is 5.24. The lowest BCUT2D eigenvalue weighted by atomic mass is 9.88. The van der Waals surface area contributed by atoms with Gasteiger partial charge >= 0.3 is 0 Å². The number of nitrogens with zero attached hydrogens (tertiary/aromatic N) is 1. The van der Waals surface area contributed by atoms with Crippen molar-refractivity contribution in [1.29, 1.82) is 0 Å². The fourth-order valence-corrected chi connectivity index (χ4v) is 4.52. The third-order valence-electron chi connectivity index (χ3n) is 4.94. The van der Waals surface area contributed by atoms with Gasteiger partial charge in [0.15, 0.2) is 0 Å². The van der Waals surface area contributed by atoms with Gasteiger partial charge in [-0.1, -0.05) is 40.5 Å². The molecule has 0 heterocycles. The zero-order valence-electron chi connectivity index (χ0n) is 11.1. The third kappa shape index (κ3) is 2.32. The van der Waals surface area contributed by atoms with E-state index in [0.717, 1.165) is 23.1 Å². The molecule has 3 unspecified atom stereocenters. The molecule has 2 fully saturated rings. The Morgan fingerprint density at radius 1 is 1.22 bits per heavy atom. The molecule has 0 saturated heterocycles. The van der Waals surface area contributed by atoms with E-state index in [2.05, 4.69) is 52.1 Å². The van der Waals surface area contributed by atoms with Crippen LogP contribution in [0.2, 0.25) is 0 Å². The molecule has 2 heteroatoms. The summed E-state index contributed by atoms with van der Waals surface area (Å²) in [5, 5.41) is 0.949. The topological polar surface area (TPSA) is 3.24 Å². The summed E-state index contributed by atoms with van der Waals surface area (Å²) in [5.41, 5.74) is 2.81. The van der Waals surface area contributed by atoms with E-state index in [-0.39, 0.29) is 0 Å². The fraction of sp³-hybridized carbons (Fsp3) is 0.625. The molecule has 2 saturated carbocycles. The summed E-state index contributed by atoms with van der Waals surface area (Å²) >= 11 is 3.60. The molecule has 2 bridgehead atoms.